The topological polar surface area (TPSA) is 15.6 Å². The van der Waals surface area contributed by atoms with Crippen LogP contribution in [0.5, 0.6) is 0 Å². The molecule has 0 radical (unpaired) electrons. The highest BCUT2D eigenvalue weighted by molar-refractivity contribution is 5.99. The zero-order valence-electron chi connectivity index (χ0n) is 19.2. The highest BCUT2D eigenvalue weighted by Gasteiger charge is 2.27. The molecule has 0 spiro atoms. The van der Waals surface area contributed by atoms with E-state index in [-0.39, 0.29) is 0 Å². The number of likely N-dealkylation sites (N-methyl/N-ethyl adjacent to an activating group) is 1. The van der Waals surface area contributed by atoms with Gasteiger partial charge < -0.3 is 4.90 Å². The molecule has 3 rings (SSSR count). The van der Waals surface area contributed by atoms with Crippen LogP contribution < -0.4 is 0 Å². The molecule has 31 heavy (non-hydrogen) atoms. The van der Waals surface area contributed by atoms with Crippen LogP contribution in [-0.4, -0.2) is 17.8 Å². The molecule has 160 valence electrons. The molecular formula is C29H34N2. The molecule has 1 aromatic carbocycles. The SMILES string of the molecule is C=CC(=C)CCCCCC1=CC2=NC=C(/C(C=C)=C/c3ccccc3C)C(=C1C)N2C. The zero-order chi connectivity index (χ0) is 22.4. The van der Waals surface area contributed by atoms with E-state index in [1.807, 2.05) is 18.4 Å². The molecule has 2 aliphatic rings. The van der Waals surface area contributed by atoms with Gasteiger partial charge in [0.2, 0.25) is 0 Å². The molecule has 2 heteroatoms. The fourth-order valence-electron chi connectivity index (χ4n) is 4.16. The molecule has 0 saturated heterocycles. The first-order valence-electron chi connectivity index (χ1n) is 11.1. The standard InChI is InChI=1S/C29H34N2/c1-7-21(3)14-10-9-11-17-26-19-28-30-20-27(29(23(26)5)31(28)6)24(8-2)18-25-16-13-12-15-22(25)4/h7-8,12-13,15-16,18-20H,1-3,9-11,14,17H2,4-6H3/b24-18+. The number of fused-ring (bicyclic) bond motifs is 2. The first-order valence-corrected chi connectivity index (χ1v) is 11.1. The van der Waals surface area contributed by atoms with Gasteiger partial charge in [-0.1, -0.05) is 68.1 Å². The molecule has 0 aliphatic carbocycles. The monoisotopic (exact) mass is 410 g/mol. The second-order valence-electron chi connectivity index (χ2n) is 8.32. The van der Waals surface area contributed by atoms with E-state index >= 15 is 0 Å². The first kappa shape index (κ1) is 22.6. The van der Waals surface area contributed by atoms with Crippen LogP contribution in [0, 0.1) is 6.92 Å². The Labute approximate surface area is 188 Å². The number of aryl methyl sites for hydroxylation is 1. The minimum absolute atomic E-state index is 1.01. The van der Waals surface area contributed by atoms with E-state index in [1.165, 1.54) is 47.2 Å². The van der Waals surface area contributed by atoms with Gasteiger partial charge in [0.15, 0.2) is 0 Å². The number of unbranched alkanes of at least 4 members (excludes halogenated alkanes) is 2. The van der Waals surface area contributed by atoms with Gasteiger partial charge in [-0.2, -0.15) is 0 Å². The van der Waals surface area contributed by atoms with E-state index in [1.54, 1.807) is 0 Å². The summed E-state index contributed by atoms with van der Waals surface area (Å²) in [5.41, 5.74) is 9.79. The average molecular weight is 411 g/mol. The Bertz CT molecular complexity index is 1040. The highest BCUT2D eigenvalue weighted by Crippen LogP contribution is 2.37. The van der Waals surface area contributed by atoms with Crippen LogP contribution in [0.2, 0.25) is 0 Å². The van der Waals surface area contributed by atoms with Crippen LogP contribution in [0.15, 0.2) is 107 Å². The lowest BCUT2D eigenvalue weighted by Crippen LogP contribution is -2.32. The van der Waals surface area contributed by atoms with Gasteiger partial charge in [-0.15, -0.1) is 0 Å². The molecule has 2 heterocycles. The lowest BCUT2D eigenvalue weighted by Gasteiger charge is -2.34. The van der Waals surface area contributed by atoms with Crippen LogP contribution in [0.3, 0.4) is 0 Å². The third-order valence-corrected chi connectivity index (χ3v) is 6.16. The number of aliphatic imine (C=N–C) groups is 1. The number of amidine groups is 1. The Morgan fingerprint density at radius 2 is 1.84 bits per heavy atom. The average Bonchev–Trinajstić information content (AvgIpc) is 2.76. The number of hydrogen-bond acceptors (Lipinski definition) is 2. The molecule has 2 bridgehead atoms. The first-order chi connectivity index (χ1) is 15.0. The lowest BCUT2D eigenvalue weighted by atomic mass is 9.88. The third-order valence-electron chi connectivity index (χ3n) is 6.16. The van der Waals surface area contributed by atoms with Gasteiger partial charge in [0.1, 0.15) is 5.84 Å². The van der Waals surface area contributed by atoms with E-state index in [2.05, 4.69) is 81.9 Å². The number of nitrogens with zero attached hydrogens (tertiary/aromatic N) is 2. The van der Waals surface area contributed by atoms with E-state index in [0.717, 1.165) is 35.4 Å². The van der Waals surface area contributed by atoms with Crippen LogP contribution in [0.25, 0.3) is 6.08 Å². The summed E-state index contributed by atoms with van der Waals surface area (Å²) in [5, 5.41) is 0. The maximum absolute atomic E-state index is 4.77. The molecule has 0 amide bonds. The normalized spacial score (nSPS) is 15.9. The molecule has 0 saturated carbocycles. The number of allylic oxidation sites excluding steroid dienone is 6. The van der Waals surface area contributed by atoms with Crippen molar-refractivity contribution in [1.82, 2.24) is 4.90 Å². The molecule has 0 aromatic heterocycles. The van der Waals surface area contributed by atoms with Gasteiger partial charge in [-0.3, -0.25) is 0 Å². The van der Waals surface area contributed by atoms with E-state index < -0.39 is 0 Å². The maximum Gasteiger partial charge on any atom is 0.132 e. The summed E-state index contributed by atoms with van der Waals surface area (Å²) < 4.78 is 0. The molecule has 0 fully saturated rings. The van der Waals surface area contributed by atoms with Gasteiger partial charge in [-0.05, 0) is 79.5 Å². The predicted molar refractivity (Wildman–Crippen MR) is 136 cm³/mol. The second-order valence-corrected chi connectivity index (χ2v) is 8.32. The lowest BCUT2D eigenvalue weighted by molar-refractivity contribution is 0.610. The summed E-state index contributed by atoms with van der Waals surface area (Å²) >= 11 is 0. The third kappa shape index (κ3) is 5.14. The minimum Gasteiger partial charge on any atom is -0.329 e. The van der Waals surface area contributed by atoms with E-state index in [0.29, 0.717) is 0 Å². The van der Waals surface area contributed by atoms with Crippen molar-refractivity contribution in [1.29, 1.82) is 0 Å². The molecule has 0 unspecified atom stereocenters. The van der Waals surface area contributed by atoms with Crippen molar-refractivity contribution in [3.05, 3.63) is 113 Å². The summed E-state index contributed by atoms with van der Waals surface area (Å²) in [4.78, 5) is 6.97. The molecule has 2 aliphatic heterocycles. The molecule has 1 aromatic rings. The van der Waals surface area contributed by atoms with Gasteiger partial charge in [-0.25, -0.2) is 4.99 Å². The number of hydrogen-bond donors (Lipinski definition) is 0. The number of rotatable bonds is 10. The van der Waals surface area contributed by atoms with Crippen molar-refractivity contribution in [2.24, 2.45) is 4.99 Å². The molecule has 2 nitrogen and oxygen atoms in total. The van der Waals surface area contributed by atoms with Crippen LogP contribution >= 0.6 is 0 Å². The molecule has 0 atom stereocenters. The molecule has 0 N–H and O–H groups in total. The Morgan fingerprint density at radius 1 is 1.06 bits per heavy atom. The summed E-state index contributed by atoms with van der Waals surface area (Å²) in [7, 11) is 2.10. The van der Waals surface area contributed by atoms with Crippen molar-refractivity contribution in [2.75, 3.05) is 7.05 Å². The van der Waals surface area contributed by atoms with Crippen molar-refractivity contribution in [3.8, 4) is 0 Å². The Kier molecular flexibility index (Phi) is 7.46. The largest absolute Gasteiger partial charge is 0.329 e. The minimum atomic E-state index is 1.01. The van der Waals surface area contributed by atoms with Gasteiger partial charge in [0, 0.05) is 18.8 Å². The van der Waals surface area contributed by atoms with Crippen molar-refractivity contribution in [3.63, 3.8) is 0 Å². The van der Waals surface area contributed by atoms with Crippen molar-refractivity contribution in [2.45, 2.75) is 46.0 Å². The van der Waals surface area contributed by atoms with Crippen molar-refractivity contribution >= 4 is 11.9 Å². The Morgan fingerprint density at radius 3 is 2.55 bits per heavy atom. The Balaban J connectivity index is 1.82. The van der Waals surface area contributed by atoms with Gasteiger partial charge in [0.05, 0.1) is 5.70 Å². The van der Waals surface area contributed by atoms with Crippen LogP contribution in [-0.2, 0) is 0 Å². The highest BCUT2D eigenvalue weighted by atomic mass is 15.2. The van der Waals surface area contributed by atoms with Crippen molar-refractivity contribution < 1.29 is 0 Å². The van der Waals surface area contributed by atoms with Crippen LogP contribution in [0.1, 0.15) is 50.2 Å². The van der Waals surface area contributed by atoms with E-state index in [9.17, 15) is 0 Å². The molecular weight excluding hydrogens is 376 g/mol. The summed E-state index contributed by atoms with van der Waals surface area (Å²) in [6, 6.07) is 8.44. The maximum atomic E-state index is 4.77. The number of benzene rings is 1. The quantitative estimate of drug-likeness (QED) is 0.285. The van der Waals surface area contributed by atoms with Crippen LogP contribution in [0.4, 0.5) is 0 Å². The van der Waals surface area contributed by atoms with Gasteiger partial charge in [0.25, 0.3) is 0 Å². The summed E-state index contributed by atoms with van der Waals surface area (Å²) in [6.45, 7) is 16.3. The predicted octanol–water partition coefficient (Wildman–Crippen LogP) is 7.70. The fourth-order valence-corrected chi connectivity index (χ4v) is 4.16. The fraction of sp³-hybridized carbons (Fsp3) is 0.276. The summed E-state index contributed by atoms with van der Waals surface area (Å²) in [5.74, 6) is 1.01. The second kappa shape index (κ2) is 10.3. The zero-order valence-corrected chi connectivity index (χ0v) is 19.2. The van der Waals surface area contributed by atoms with E-state index in [4.69, 9.17) is 4.99 Å². The smallest absolute Gasteiger partial charge is 0.132 e. The van der Waals surface area contributed by atoms with Gasteiger partial charge >= 0.3 is 0 Å². The Hall–Kier alpha value is -3.13. The summed E-state index contributed by atoms with van der Waals surface area (Å²) in [6.07, 6.45) is 15.9.